The molecule has 0 spiro atoms. The van der Waals surface area contributed by atoms with E-state index in [0.29, 0.717) is 0 Å². The molecular formula is C5H9Cl3S2. The highest BCUT2D eigenvalue weighted by Gasteiger charge is 2.28. The third-order valence-electron chi connectivity index (χ3n) is 0.791. The van der Waals surface area contributed by atoms with Crippen LogP contribution in [0.2, 0.25) is 0 Å². The summed E-state index contributed by atoms with van der Waals surface area (Å²) in [6.45, 7) is 3.98. The monoisotopic (exact) mass is 238 g/mol. The van der Waals surface area contributed by atoms with E-state index in [1.807, 2.05) is 6.92 Å². The van der Waals surface area contributed by atoms with Crippen LogP contribution in [0.3, 0.4) is 0 Å². The predicted octanol–water partition coefficient (Wildman–Crippen LogP) is 4.15. The molecule has 0 nitrogen and oxygen atoms in total. The minimum atomic E-state index is -1.13. The largest absolute Gasteiger partial charge is 0.202 e. The highest BCUT2D eigenvalue weighted by Crippen LogP contribution is 2.41. The third kappa shape index (κ3) is 5.25. The van der Waals surface area contributed by atoms with Crippen LogP contribution in [-0.4, -0.2) is 14.8 Å². The van der Waals surface area contributed by atoms with Gasteiger partial charge in [-0.05, 0) is 6.92 Å². The van der Waals surface area contributed by atoms with Gasteiger partial charge in [0.15, 0.2) is 0 Å². The van der Waals surface area contributed by atoms with E-state index in [1.165, 1.54) is 0 Å². The Labute approximate surface area is 84.8 Å². The van der Waals surface area contributed by atoms with Gasteiger partial charge in [-0.3, -0.25) is 0 Å². The highest BCUT2D eigenvalue weighted by molar-refractivity contribution is 8.77. The summed E-state index contributed by atoms with van der Waals surface area (Å²) in [5.74, 6) is 1.04. The molecule has 0 aromatic heterocycles. The van der Waals surface area contributed by atoms with Crippen molar-refractivity contribution in [1.29, 1.82) is 0 Å². The lowest BCUT2D eigenvalue weighted by Crippen LogP contribution is -2.16. The van der Waals surface area contributed by atoms with Gasteiger partial charge in [-0.1, -0.05) is 63.3 Å². The molecule has 0 aliphatic heterocycles. The van der Waals surface area contributed by atoms with Crippen LogP contribution in [0.1, 0.15) is 13.8 Å². The Morgan fingerprint density at radius 2 is 1.90 bits per heavy atom. The molecule has 0 fully saturated rings. The van der Waals surface area contributed by atoms with E-state index in [4.69, 9.17) is 34.8 Å². The normalized spacial score (nSPS) is 15.3. The molecule has 0 aromatic rings. The average molecular weight is 240 g/mol. The Morgan fingerprint density at radius 3 is 2.20 bits per heavy atom. The van der Waals surface area contributed by atoms with Crippen LogP contribution in [-0.2, 0) is 0 Å². The molecule has 10 heavy (non-hydrogen) atoms. The van der Waals surface area contributed by atoms with Crippen molar-refractivity contribution in [3.63, 3.8) is 0 Å². The zero-order valence-corrected chi connectivity index (χ0v) is 9.64. The maximum Gasteiger partial charge on any atom is 0.202 e. The highest BCUT2D eigenvalue weighted by atomic mass is 35.6. The fourth-order valence-electron chi connectivity index (χ4n) is 0.225. The number of hydrogen-bond donors (Lipinski definition) is 0. The van der Waals surface area contributed by atoms with Crippen LogP contribution in [0.25, 0.3) is 0 Å². The molecule has 0 saturated carbocycles. The van der Waals surface area contributed by atoms with E-state index in [9.17, 15) is 0 Å². The van der Waals surface area contributed by atoms with Gasteiger partial charge in [-0.25, -0.2) is 0 Å². The predicted molar refractivity (Wildman–Crippen MR) is 55.5 cm³/mol. The summed E-state index contributed by atoms with van der Waals surface area (Å²) in [5, 5.41) is 0.0439. The Bertz CT molecular complexity index is 91.4. The first-order chi connectivity index (χ1) is 4.48. The Balaban J connectivity index is 3.52. The molecule has 1 atom stereocenters. The zero-order chi connectivity index (χ0) is 8.20. The SMILES string of the molecule is CCSSC(C)C(Cl)(Cl)Cl. The molecule has 0 N–H and O–H groups in total. The van der Waals surface area contributed by atoms with E-state index in [1.54, 1.807) is 21.6 Å². The summed E-state index contributed by atoms with van der Waals surface area (Å²) in [7, 11) is 3.31. The molecule has 0 bridgehead atoms. The summed E-state index contributed by atoms with van der Waals surface area (Å²) >= 11 is 16.8. The minimum absolute atomic E-state index is 0.0439. The van der Waals surface area contributed by atoms with Crippen LogP contribution in [0.15, 0.2) is 0 Å². The smallest absolute Gasteiger partial charge is 0.0940 e. The van der Waals surface area contributed by atoms with E-state index in [-0.39, 0.29) is 5.25 Å². The molecule has 0 saturated heterocycles. The first kappa shape index (κ1) is 11.6. The maximum atomic E-state index is 5.62. The standard InChI is InChI=1S/C5H9Cl3S2/c1-3-9-10-4(2)5(6,7)8/h4H,3H2,1-2H3. The van der Waals surface area contributed by atoms with Crippen molar-refractivity contribution < 1.29 is 0 Å². The molecule has 0 aromatic carbocycles. The number of rotatable bonds is 3. The lowest BCUT2D eigenvalue weighted by Gasteiger charge is -2.17. The second-order valence-corrected chi connectivity index (χ2v) is 7.05. The van der Waals surface area contributed by atoms with Crippen LogP contribution in [0, 0.1) is 0 Å². The molecule has 0 radical (unpaired) electrons. The minimum Gasteiger partial charge on any atom is -0.0940 e. The van der Waals surface area contributed by atoms with Crippen molar-refractivity contribution in [3.8, 4) is 0 Å². The Kier molecular flexibility index (Phi) is 6.08. The fraction of sp³-hybridized carbons (Fsp3) is 1.00. The summed E-state index contributed by atoms with van der Waals surface area (Å²) in [6.07, 6.45) is 0. The van der Waals surface area contributed by atoms with Gasteiger partial charge in [0.05, 0.1) is 5.25 Å². The Morgan fingerprint density at radius 1 is 1.40 bits per heavy atom. The number of alkyl halides is 3. The van der Waals surface area contributed by atoms with Gasteiger partial charge in [-0.15, -0.1) is 0 Å². The van der Waals surface area contributed by atoms with Crippen molar-refractivity contribution in [2.24, 2.45) is 0 Å². The summed E-state index contributed by atoms with van der Waals surface area (Å²) < 4.78 is -1.13. The second kappa shape index (κ2) is 5.26. The summed E-state index contributed by atoms with van der Waals surface area (Å²) in [6, 6.07) is 0. The van der Waals surface area contributed by atoms with Crippen molar-refractivity contribution >= 4 is 56.4 Å². The van der Waals surface area contributed by atoms with Gasteiger partial charge in [0.25, 0.3) is 0 Å². The van der Waals surface area contributed by atoms with Crippen molar-refractivity contribution in [2.45, 2.75) is 22.9 Å². The molecule has 1 unspecified atom stereocenters. The number of halogens is 3. The zero-order valence-electron chi connectivity index (χ0n) is 5.73. The van der Waals surface area contributed by atoms with Gasteiger partial charge in [0.1, 0.15) is 0 Å². The van der Waals surface area contributed by atoms with E-state index >= 15 is 0 Å². The molecule has 0 rings (SSSR count). The van der Waals surface area contributed by atoms with Crippen LogP contribution < -0.4 is 0 Å². The Hall–Kier alpha value is 1.57. The lowest BCUT2D eigenvalue weighted by atomic mass is 10.5. The van der Waals surface area contributed by atoms with Crippen LogP contribution in [0.4, 0.5) is 0 Å². The van der Waals surface area contributed by atoms with Gasteiger partial charge in [0.2, 0.25) is 3.79 Å². The summed E-state index contributed by atoms with van der Waals surface area (Å²) in [4.78, 5) is 0. The first-order valence-electron chi connectivity index (χ1n) is 2.83. The molecular weight excluding hydrogens is 231 g/mol. The van der Waals surface area contributed by atoms with Gasteiger partial charge >= 0.3 is 0 Å². The van der Waals surface area contributed by atoms with Gasteiger partial charge in [0, 0.05) is 5.75 Å². The first-order valence-corrected chi connectivity index (χ1v) is 6.35. The topological polar surface area (TPSA) is 0 Å². The second-order valence-electron chi connectivity index (χ2n) is 1.69. The lowest BCUT2D eigenvalue weighted by molar-refractivity contribution is 1.01. The molecule has 0 heterocycles. The average Bonchev–Trinajstić information content (AvgIpc) is 1.80. The van der Waals surface area contributed by atoms with E-state index in [0.717, 1.165) is 5.75 Å². The molecule has 0 aliphatic carbocycles. The fourth-order valence-corrected chi connectivity index (χ4v) is 3.00. The van der Waals surface area contributed by atoms with Crippen molar-refractivity contribution in [2.75, 3.05) is 5.75 Å². The van der Waals surface area contributed by atoms with E-state index < -0.39 is 3.79 Å². The molecule has 0 amide bonds. The van der Waals surface area contributed by atoms with Crippen LogP contribution in [0.5, 0.6) is 0 Å². The van der Waals surface area contributed by atoms with Gasteiger partial charge in [-0.2, -0.15) is 0 Å². The summed E-state index contributed by atoms with van der Waals surface area (Å²) in [5.41, 5.74) is 0. The molecule has 5 heteroatoms. The van der Waals surface area contributed by atoms with Crippen LogP contribution >= 0.6 is 56.4 Å². The molecule has 0 aliphatic rings. The molecule has 62 valence electrons. The quantitative estimate of drug-likeness (QED) is 0.536. The third-order valence-corrected chi connectivity index (χ3v) is 5.16. The van der Waals surface area contributed by atoms with Crippen molar-refractivity contribution in [3.05, 3.63) is 0 Å². The van der Waals surface area contributed by atoms with E-state index in [2.05, 4.69) is 6.92 Å². The maximum absolute atomic E-state index is 5.62. The van der Waals surface area contributed by atoms with Gasteiger partial charge < -0.3 is 0 Å². The number of hydrogen-bond acceptors (Lipinski definition) is 2. The van der Waals surface area contributed by atoms with Crippen molar-refractivity contribution in [1.82, 2.24) is 0 Å².